The maximum atomic E-state index is 11.5. The van der Waals surface area contributed by atoms with E-state index < -0.39 is 0 Å². The summed E-state index contributed by atoms with van der Waals surface area (Å²) in [5, 5.41) is 12.3. The van der Waals surface area contributed by atoms with Gasteiger partial charge < -0.3 is 5.32 Å². The number of nitrogens with zero attached hydrogens (tertiary/aromatic N) is 2. The van der Waals surface area contributed by atoms with Crippen LogP contribution in [-0.2, 0) is 4.79 Å². The van der Waals surface area contributed by atoms with Crippen molar-refractivity contribution in [3.05, 3.63) is 29.3 Å². The van der Waals surface area contributed by atoms with E-state index in [-0.39, 0.29) is 11.2 Å². The fourth-order valence-electron chi connectivity index (χ4n) is 1.60. The fourth-order valence-corrected chi connectivity index (χ4v) is 3.34. The van der Waals surface area contributed by atoms with E-state index in [9.17, 15) is 4.79 Å². The minimum Gasteiger partial charge on any atom is -0.303 e. The first-order chi connectivity index (χ1) is 10.1. The maximum Gasteiger partial charge on any atom is 0.239 e. The van der Waals surface area contributed by atoms with Crippen molar-refractivity contribution in [3.63, 3.8) is 0 Å². The van der Waals surface area contributed by atoms with E-state index in [4.69, 9.17) is 11.6 Å². The smallest absolute Gasteiger partial charge is 0.239 e. The molecule has 1 aromatic rings. The normalized spacial score (nSPS) is 20.9. The summed E-state index contributed by atoms with van der Waals surface area (Å²) in [6.45, 7) is 3.91. The molecule has 2 rings (SSSR count). The Bertz CT molecular complexity index is 572. The van der Waals surface area contributed by atoms with E-state index in [0.717, 1.165) is 27.8 Å². The van der Waals surface area contributed by atoms with Gasteiger partial charge in [-0.2, -0.15) is 5.10 Å². The third kappa shape index (κ3) is 5.05. The van der Waals surface area contributed by atoms with Crippen molar-refractivity contribution in [2.75, 3.05) is 5.75 Å². The van der Waals surface area contributed by atoms with Crippen LogP contribution >= 0.6 is 35.1 Å². The number of halogens is 1. The molecule has 1 heterocycles. The predicted octanol–water partition coefficient (Wildman–Crippen LogP) is 3.81. The first-order valence-corrected chi connectivity index (χ1v) is 8.80. The average Bonchev–Trinajstić information content (AvgIpc) is 2.85. The van der Waals surface area contributed by atoms with Crippen LogP contribution in [0, 0.1) is 0 Å². The zero-order chi connectivity index (χ0) is 15.2. The summed E-state index contributed by atoms with van der Waals surface area (Å²) in [7, 11) is 0. The lowest BCUT2D eigenvalue weighted by atomic mass is 10.3. The highest BCUT2D eigenvalue weighted by molar-refractivity contribution is 8.15. The Morgan fingerprint density at radius 1 is 1.43 bits per heavy atom. The lowest BCUT2D eigenvalue weighted by Gasteiger charge is -2.00. The van der Waals surface area contributed by atoms with Crippen molar-refractivity contribution < 1.29 is 4.79 Å². The quantitative estimate of drug-likeness (QED) is 0.503. The Hall–Kier alpha value is -0.980. The Kier molecular flexibility index (Phi) is 6.14. The first-order valence-electron chi connectivity index (χ1n) is 6.55. The molecule has 0 saturated carbocycles. The molecule has 1 fully saturated rings. The number of hydrogen-bond donors (Lipinski definition) is 1. The molecule has 0 radical (unpaired) electrons. The topological polar surface area (TPSA) is 53.8 Å². The fraction of sp³-hybridized carbons (Fsp3) is 0.357. The number of amidine groups is 1. The molecule has 1 unspecified atom stereocenters. The largest absolute Gasteiger partial charge is 0.303 e. The molecule has 0 spiro atoms. The van der Waals surface area contributed by atoms with Gasteiger partial charge in [0.15, 0.2) is 5.17 Å². The van der Waals surface area contributed by atoms with Gasteiger partial charge >= 0.3 is 0 Å². The predicted molar refractivity (Wildman–Crippen MR) is 92.5 cm³/mol. The van der Waals surface area contributed by atoms with Gasteiger partial charge in [0.1, 0.15) is 0 Å². The zero-order valence-electron chi connectivity index (χ0n) is 11.8. The Morgan fingerprint density at radius 3 is 2.76 bits per heavy atom. The van der Waals surface area contributed by atoms with Gasteiger partial charge in [0, 0.05) is 21.4 Å². The van der Waals surface area contributed by atoms with Gasteiger partial charge in [-0.3, -0.25) is 4.79 Å². The van der Waals surface area contributed by atoms with Crippen LogP contribution in [0.3, 0.4) is 0 Å². The lowest BCUT2D eigenvalue weighted by Crippen LogP contribution is -2.24. The monoisotopic (exact) mass is 341 g/mol. The van der Waals surface area contributed by atoms with Crippen LogP contribution in [0.5, 0.6) is 0 Å². The van der Waals surface area contributed by atoms with Gasteiger partial charge in [-0.1, -0.05) is 30.3 Å². The number of nitrogens with one attached hydrogen (secondary N) is 1. The van der Waals surface area contributed by atoms with Crippen LogP contribution in [0.15, 0.2) is 39.4 Å². The highest BCUT2D eigenvalue weighted by atomic mass is 35.5. The molecule has 1 aromatic carbocycles. The van der Waals surface area contributed by atoms with Crippen LogP contribution in [0.4, 0.5) is 0 Å². The Labute approximate surface area is 137 Å². The van der Waals surface area contributed by atoms with Gasteiger partial charge in [-0.25, -0.2) is 0 Å². The standard InChI is InChI=1S/C14H16ClN3OS2/c1-3-12-13(19)16-14(21-12)18-17-9(2)8-20-11-6-4-10(15)5-7-11/h4-7,12H,3,8H2,1-2H3,(H,16,18,19)/b17-9+. The van der Waals surface area contributed by atoms with Crippen molar-refractivity contribution in [1.29, 1.82) is 0 Å². The van der Waals surface area contributed by atoms with E-state index in [1.165, 1.54) is 11.8 Å². The van der Waals surface area contributed by atoms with E-state index in [1.54, 1.807) is 11.8 Å². The summed E-state index contributed by atoms with van der Waals surface area (Å²) in [5.74, 6) is 0.762. The molecule has 1 amide bonds. The van der Waals surface area contributed by atoms with Crippen LogP contribution in [-0.4, -0.2) is 27.8 Å². The van der Waals surface area contributed by atoms with Crippen LogP contribution in [0.2, 0.25) is 5.02 Å². The van der Waals surface area contributed by atoms with Crippen molar-refractivity contribution in [2.45, 2.75) is 30.4 Å². The molecule has 1 saturated heterocycles. The van der Waals surface area contributed by atoms with Gasteiger partial charge in [-0.05, 0) is 37.6 Å². The molecule has 21 heavy (non-hydrogen) atoms. The minimum atomic E-state index is -0.0392. The van der Waals surface area contributed by atoms with Gasteiger partial charge in [-0.15, -0.1) is 16.9 Å². The van der Waals surface area contributed by atoms with Crippen LogP contribution < -0.4 is 5.32 Å². The molecule has 7 heteroatoms. The van der Waals surface area contributed by atoms with Crippen LogP contribution in [0.25, 0.3) is 0 Å². The van der Waals surface area contributed by atoms with E-state index in [0.29, 0.717) is 5.17 Å². The highest BCUT2D eigenvalue weighted by Gasteiger charge is 2.28. The molecule has 112 valence electrons. The minimum absolute atomic E-state index is 0.0182. The molecule has 0 aliphatic carbocycles. The van der Waals surface area contributed by atoms with Gasteiger partial charge in [0.2, 0.25) is 5.91 Å². The number of rotatable bonds is 5. The molecule has 1 atom stereocenters. The zero-order valence-corrected chi connectivity index (χ0v) is 14.2. The third-order valence-electron chi connectivity index (χ3n) is 2.72. The van der Waals surface area contributed by atoms with E-state index in [1.807, 2.05) is 38.1 Å². The molecule has 4 nitrogen and oxygen atoms in total. The van der Waals surface area contributed by atoms with Gasteiger partial charge in [0.05, 0.1) is 5.25 Å². The van der Waals surface area contributed by atoms with Crippen molar-refractivity contribution in [1.82, 2.24) is 5.32 Å². The summed E-state index contributed by atoms with van der Waals surface area (Å²) in [4.78, 5) is 12.7. The second-order valence-electron chi connectivity index (χ2n) is 4.49. The average molecular weight is 342 g/mol. The number of amides is 1. The number of carbonyl (C=O) groups is 1. The SMILES string of the molecule is CCC1S/C(=N/N=C(\C)CSc2ccc(Cl)cc2)NC1=O. The first kappa shape index (κ1) is 16.4. The number of hydrogen-bond acceptors (Lipinski definition) is 5. The number of carbonyl (C=O) groups excluding carboxylic acids is 1. The van der Waals surface area contributed by atoms with E-state index >= 15 is 0 Å². The number of benzene rings is 1. The summed E-state index contributed by atoms with van der Waals surface area (Å²) in [6, 6.07) is 7.69. The molecule has 1 N–H and O–H groups in total. The summed E-state index contributed by atoms with van der Waals surface area (Å²) < 4.78 is 0. The molecule has 1 aliphatic rings. The van der Waals surface area contributed by atoms with E-state index in [2.05, 4.69) is 15.5 Å². The highest BCUT2D eigenvalue weighted by Crippen LogP contribution is 2.22. The molecule has 0 bridgehead atoms. The lowest BCUT2D eigenvalue weighted by molar-refractivity contribution is -0.118. The molecular formula is C14H16ClN3OS2. The number of thioether (sulfide) groups is 2. The van der Waals surface area contributed by atoms with Gasteiger partial charge in [0.25, 0.3) is 0 Å². The second-order valence-corrected chi connectivity index (χ2v) is 7.16. The van der Waals surface area contributed by atoms with Crippen molar-refractivity contribution in [2.24, 2.45) is 10.2 Å². The summed E-state index contributed by atoms with van der Waals surface area (Å²) in [6.07, 6.45) is 0.796. The van der Waals surface area contributed by atoms with Crippen LogP contribution in [0.1, 0.15) is 20.3 Å². The summed E-state index contributed by atoms with van der Waals surface area (Å²) >= 11 is 8.95. The second kappa shape index (κ2) is 7.87. The van der Waals surface area contributed by atoms with Crippen molar-refractivity contribution >= 4 is 51.9 Å². The molecular weight excluding hydrogens is 326 g/mol. The Morgan fingerprint density at radius 2 is 2.14 bits per heavy atom. The third-order valence-corrected chi connectivity index (χ3v) is 5.38. The summed E-state index contributed by atoms with van der Waals surface area (Å²) in [5.41, 5.74) is 0.900. The van der Waals surface area contributed by atoms with Crippen molar-refractivity contribution in [3.8, 4) is 0 Å². The maximum absolute atomic E-state index is 11.5. The Balaban J connectivity index is 1.87. The molecule has 1 aliphatic heterocycles. The molecule has 0 aromatic heterocycles.